The average Bonchev–Trinajstić information content (AvgIpc) is 2.46. The molecule has 110 valence electrons. The number of hydrogen-bond acceptors (Lipinski definition) is 3. The molecule has 1 fully saturated rings. The highest BCUT2D eigenvalue weighted by atomic mass is 19.1. The maximum atomic E-state index is 13.1. The van der Waals surface area contributed by atoms with Crippen molar-refractivity contribution < 1.29 is 13.9 Å². The smallest absolute Gasteiger partial charge is 0.251 e. The summed E-state index contributed by atoms with van der Waals surface area (Å²) in [5, 5.41) is 2.88. The van der Waals surface area contributed by atoms with Crippen molar-refractivity contribution in [3.8, 4) is 0 Å². The summed E-state index contributed by atoms with van der Waals surface area (Å²) in [7, 11) is 0. The van der Waals surface area contributed by atoms with Gasteiger partial charge in [-0.15, -0.1) is 0 Å². The van der Waals surface area contributed by atoms with Crippen LogP contribution in [0.25, 0.3) is 0 Å². The van der Waals surface area contributed by atoms with Crippen molar-refractivity contribution in [1.29, 1.82) is 0 Å². The van der Waals surface area contributed by atoms with Gasteiger partial charge in [-0.2, -0.15) is 0 Å². The molecule has 0 saturated carbocycles. The van der Waals surface area contributed by atoms with Crippen molar-refractivity contribution in [2.24, 2.45) is 0 Å². The lowest BCUT2D eigenvalue weighted by Crippen LogP contribution is -2.55. The standard InChI is InChI=1S/C15H21FN2O2/c1-15(2,18-6-8-20-9-7-18)11-17-14(19)12-4-3-5-13(16)10-12/h3-5,10H,6-9,11H2,1-2H3,(H,17,19). The fourth-order valence-corrected chi connectivity index (χ4v) is 2.31. The molecule has 0 spiro atoms. The molecule has 0 aromatic heterocycles. The number of halogens is 1. The molecule has 1 aromatic rings. The van der Waals surface area contributed by atoms with Crippen LogP contribution in [0.15, 0.2) is 24.3 Å². The molecule has 0 atom stereocenters. The van der Waals surface area contributed by atoms with Crippen LogP contribution in [0.1, 0.15) is 24.2 Å². The molecule has 0 aliphatic carbocycles. The van der Waals surface area contributed by atoms with Crippen LogP contribution in [-0.2, 0) is 4.74 Å². The number of carbonyl (C=O) groups excluding carboxylic acids is 1. The fraction of sp³-hybridized carbons (Fsp3) is 0.533. The lowest BCUT2D eigenvalue weighted by atomic mass is 10.0. The molecule has 1 saturated heterocycles. The Bertz CT molecular complexity index is 471. The van der Waals surface area contributed by atoms with Crippen LogP contribution < -0.4 is 5.32 Å². The molecule has 0 unspecified atom stereocenters. The number of nitrogens with zero attached hydrogens (tertiary/aromatic N) is 1. The van der Waals surface area contributed by atoms with Gasteiger partial charge in [0.1, 0.15) is 5.82 Å². The minimum atomic E-state index is -0.398. The van der Waals surface area contributed by atoms with Gasteiger partial charge >= 0.3 is 0 Å². The van der Waals surface area contributed by atoms with Gasteiger partial charge in [0.05, 0.1) is 13.2 Å². The molecular formula is C15H21FN2O2. The summed E-state index contributed by atoms with van der Waals surface area (Å²) in [6.45, 7) is 7.87. The van der Waals surface area contributed by atoms with Gasteiger partial charge in [-0.1, -0.05) is 6.07 Å². The van der Waals surface area contributed by atoms with E-state index in [1.165, 1.54) is 18.2 Å². The van der Waals surface area contributed by atoms with E-state index in [9.17, 15) is 9.18 Å². The number of hydrogen-bond donors (Lipinski definition) is 1. The highest BCUT2D eigenvalue weighted by Crippen LogP contribution is 2.15. The number of rotatable bonds is 4. The van der Waals surface area contributed by atoms with E-state index in [0.717, 1.165) is 26.3 Å². The first-order valence-electron chi connectivity index (χ1n) is 6.85. The summed E-state index contributed by atoms with van der Waals surface area (Å²) in [4.78, 5) is 14.3. The summed E-state index contributed by atoms with van der Waals surface area (Å²) in [5.74, 6) is -0.643. The molecule has 4 nitrogen and oxygen atoms in total. The van der Waals surface area contributed by atoms with Crippen LogP contribution in [0.4, 0.5) is 4.39 Å². The third-order valence-corrected chi connectivity index (χ3v) is 3.64. The van der Waals surface area contributed by atoms with E-state index in [1.807, 2.05) is 0 Å². The van der Waals surface area contributed by atoms with E-state index in [2.05, 4.69) is 24.1 Å². The maximum Gasteiger partial charge on any atom is 0.251 e. The summed E-state index contributed by atoms with van der Waals surface area (Å²) in [5.41, 5.74) is 0.204. The molecule has 2 rings (SSSR count). The monoisotopic (exact) mass is 280 g/mol. The van der Waals surface area contributed by atoms with E-state index in [0.29, 0.717) is 12.1 Å². The predicted octanol–water partition coefficient (Wildman–Crippen LogP) is 1.67. The number of benzene rings is 1. The maximum absolute atomic E-state index is 13.1. The van der Waals surface area contributed by atoms with Crippen LogP contribution in [-0.4, -0.2) is 49.2 Å². The van der Waals surface area contributed by atoms with Gasteiger partial charge in [0.15, 0.2) is 0 Å². The Kier molecular flexibility index (Phi) is 4.73. The van der Waals surface area contributed by atoms with Gasteiger partial charge in [-0.3, -0.25) is 9.69 Å². The highest BCUT2D eigenvalue weighted by Gasteiger charge is 2.28. The highest BCUT2D eigenvalue weighted by molar-refractivity contribution is 5.94. The summed E-state index contributed by atoms with van der Waals surface area (Å²) >= 11 is 0. The number of carbonyl (C=O) groups is 1. The fourth-order valence-electron chi connectivity index (χ4n) is 2.31. The lowest BCUT2D eigenvalue weighted by molar-refractivity contribution is -0.00923. The van der Waals surface area contributed by atoms with E-state index < -0.39 is 5.82 Å². The van der Waals surface area contributed by atoms with E-state index >= 15 is 0 Å². The van der Waals surface area contributed by atoms with Crippen molar-refractivity contribution in [2.45, 2.75) is 19.4 Å². The summed E-state index contributed by atoms with van der Waals surface area (Å²) in [6.07, 6.45) is 0. The lowest BCUT2D eigenvalue weighted by Gasteiger charge is -2.40. The Morgan fingerprint density at radius 1 is 1.40 bits per heavy atom. The second-order valence-corrected chi connectivity index (χ2v) is 5.60. The second kappa shape index (κ2) is 6.33. The van der Waals surface area contributed by atoms with Crippen molar-refractivity contribution in [1.82, 2.24) is 10.2 Å². The van der Waals surface area contributed by atoms with E-state index in [4.69, 9.17) is 4.74 Å². The molecule has 5 heteroatoms. The Balaban J connectivity index is 1.91. The van der Waals surface area contributed by atoms with E-state index in [-0.39, 0.29) is 11.4 Å². The summed E-state index contributed by atoms with van der Waals surface area (Å²) in [6, 6.07) is 5.73. The van der Waals surface area contributed by atoms with Crippen LogP contribution in [0.5, 0.6) is 0 Å². The van der Waals surface area contributed by atoms with Crippen molar-refractivity contribution in [3.05, 3.63) is 35.6 Å². The molecule has 0 radical (unpaired) electrons. The zero-order chi connectivity index (χ0) is 14.6. The van der Waals surface area contributed by atoms with Gasteiger partial charge in [0.25, 0.3) is 5.91 Å². The zero-order valence-corrected chi connectivity index (χ0v) is 12.0. The van der Waals surface area contributed by atoms with Crippen molar-refractivity contribution in [3.63, 3.8) is 0 Å². The van der Waals surface area contributed by atoms with E-state index in [1.54, 1.807) is 6.07 Å². The molecule has 1 N–H and O–H groups in total. The number of morpholine rings is 1. The van der Waals surface area contributed by atoms with Gasteiger partial charge < -0.3 is 10.1 Å². The van der Waals surface area contributed by atoms with Gasteiger partial charge in [-0.25, -0.2) is 4.39 Å². The van der Waals surface area contributed by atoms with Gasteiger partial charge in [0.2, 0.25) is 0 Å². The Morgan fingerprint density at radius 2 is 2.10 bits per heavy atom. The first-order valence-corrected chi connectivity index (χ1v) is 6.85. The molecule has 1 aliphatic heterocycles. The molecule has 1 heterocycles. The molecule has 0 bridgehead atoms. The average molecular weight is 280 g/mol. The van der Waals surface area contributed by atoms with Crippen LogP contribution in [0, 0.1) is 5.82 Å². The molecular weight excluding hydrogens is 259 g/mol. The first-order chi connectivity index (χ1) is 9.49. The summed E-state index contributed by atoms with van der Waals surface area (Å²) < 4.78 is 18.4. The first kappa shape index (κ1) is 14.9. The van der Waals surface area contributed by atoms with Crippen LogP contribution in [0.3, 0.4) is 0 Å². The third-order valence-electron chi connectivity index (χ3n) is 3.64. The topological polar surface area (TPSA) is 41.6 Å². The Labute approximate surface area is 118 Å². The Hall–Kier alpha value is -1.46. The SMILES string of the molecule is CC(C)(CNC(=O)c1cccc(F)c1)N1CCOCC1. The molecule has 1 aliphatic rings. The number of nitrogens with one attached hydrogen (secondary N) is 1. The largest absolute Gasteiger partial charge is 0.379 e. The number of ether oxygens (including phenoxy) is 1. The molecule has 1 amide bonds. The van der Waals surface area contributed by atoms with Crippen LogP contribution >= 0.6 is 0 Å². The quantitative estimate of drug-likeness (QED) is 0.912. The molecule has 1 aromatic carbocycles. The molecule has 20 heavy (non-hydrogen) atoms. The third kappa shape index (κ3) is 3.77. The minimum Gasteiger partial charge on any atom is -0.379 e. The normalized spacial score (nSPS) is 16.9. The van der Waals surface area contributed by atoms with Crippen molar-refractivity contribution in [2.75, 3.05) is 32.8 Å². The number of amides is 1. The minimum absolute atomic E-state index is 0.146. The van der Waals surface area contributed by atoms with Gasteiger partial charge in [0, 0.05) is 30.7 Å². The predicted molar refractivity (Wildman–Crippen MR) is 75.2 cm³/mol. The van der Waals surface area contributed by atoms with Crippen LogP contribution in [0.2, 0.25) is 0 Å². The second-order valence-electron chi connectivity index (χ2n) is 5.60. The Morgan fingerprint density at radius 3 is 2.75 bits per heavy atom. The van der Waals surface area contributed by atoms with Gasteiger partial charge in [-0.05, 0) is 32.0 Å². The zero-order valence-electron chi connectivity index (χ0n) is 12.0. The van der Waals surface area contributed by atoms with Crippen molar-refractivity contribution >= 4 is 5.91 Å².